The Morgan fingerprint density at radius 2 is 2.14 bits per heavy atom. The van der Waals surface area contributed by atoms with Gasteiger partial charge >= 0.3 is 0 Å². The lowest BCUT2D eigenvalue weighted by atomic mass is 10.2. The monoisotopic (exact) mass is 289 g/mol. The summed E-state index contributed by atoms with van der Waals surface area (Å²) in [6, 6.07) is 9.84. The van der Waals surface area contributed by atoms with Crippen LogP contribution in [-0.4, -0.2) is 43.5 Å². The Morgan fingerprint density at radius 1 is 1.38 bits per heavy atom. The van der Waals surface area contributed by atoms with Gasteiger partial charge in [0.1, 0.15) is 5.58 Å². The molecule has 114 valence electrons. The number of carbonyl (C=O) groups excluding carboxylic acids is 1. The highest BCUT2D eigenvalue weighted by Gasteiger charge is 2.19. The van der Waals surface area contributed by atoms with Gasteiger partial charge in [0.15, 0.2) is 5.76 Å². The third-order valence-corrected chi connectivity index (χ3v) is 3.84. The van der Waals surface area contributed by atoms with E-state index in [9.17, 15) is 4.79 Å². The van der Waals surface area contributed by atoms with Crippen molar-refractivity contribution in [3.05, 3.63) is 36.1 Å². The van der Waals surface area contributed by atoms with E-state index in [0.717, 1.165) is 23.9 Å². The van der Waals surface area contributed by atoms with Crippen molar-refractivity contribution in [2.24, 2.45) is 0 Å². The van der Waals surface area contributed by atoms with Gasteiger partial charge < -0.3 is 9.15 Å². The quantitative estimate of drug-likeness (QED) is 0.699. The van der Waals surface area contributed by atoms with Crippen LogP contribution in [0.25, 0.3) is 11.0 Å². The van der Waals surface area contributed by atoms with Crippen LogP contribution in [-0.2, 0) is 4.74 Å². The van der Waals surface area contributed by atoms with Gasteiger partial charge in [-0.25, -0.2) is 0 Å². The molecule has 0 radical (unpaired) electrons. The molecule has 2 rings (SSSR count). The fourth-order valence-corrected chi connectivity index (χ4v) is 2.30. The van der Waals surface area contributed by atoms with E-state index < -0.39 is 0 Å². The van der Waals surface area contributed by atoms with Crippen molar-refractivity contribution in [2.75, 3.05) is 26.8 Å². The molecule has 1 unspecified atom stereocenters. The van der Waals surface area contributed by atoms with Crippen LogP contribution in [0.4, 0.5) is 0 Å². The lowest BCUT2D eigenvalue weighted by Gasteiger charge is -2.26. The first-order valence-electron chi connectivity index (χ1n) is 7.40. The second kappa shape index (κ2) is 7.38. The number of ketones is 1. The van der Waals surface area contributed by atoms with Crippen LogP contribution in [0.15, 0.2) is 34.7 Å². The molecule has 0 spiro atoms. The number of Topliss-reactive ketones (excluding diaryl/α,β-unsaturated/α-hetero) is 1. The van der Waals surface area contributed by atoms with Gasteiger partial charge in [-0.1, -0.05) is 25.1 Å². The Bertz CT molecular complexity index is 557. The van der Waals surface area contributed by atoms with E-state index in [-0.39, 0.29) is 5.78 Å². The van der Waals surface area contributed by atoms with Crippen molar-refractivity contribution in [1.29, 1.82) is 0 Å². The third kappa shape index (κ3) is 3.93. The maximum atomic E-state index is 12.4. The SMILES string of the molecule is CCC(C)N(CCOC)CC(=O)c1cc2ccccc2o1. The number of furan rings is 1. The van der Waals surface area contributed by atoms with E-state index in [1.54, 1.807) is 7.11 Å². The van der Waals surface area contributed by atoms with Crippen molar-refractivity contribution < 1.29 is 13.9 Å². The highest BCUT2D eigenvalue weighted by Crippen LogP contribution is 2.19. The highest BCUT2D eigenvalue weighted by atomic mass is 16.5. The average Bonchev–Trinajstić information content (AvgIpc) is 2.94. The molecule has 1 atom stereocenters. The number of methoxy groups -OCH3 is 1. The zero-order valence-electron chi connectivity index (χ0n) is 13.0. The zero-order valence-corrected chi connectivity index (χ0v) is 13.0. The van der Waals surface area contributed by atoms with E-state index in [1.165, 1.54) is 0 Å². The van der Waals surface area contributed by atoms with Gasteiger partial charge in [-0.3, -0.25) is 9.69 Å². The molecule has 4 nitrogen and oxygen atoms in total. The van der Waals surface area contributed by atoms with Gasteiger partial charge in [-0.15, -0.1) is 0 Å². The molecule has 0 aliphatic heterocycles. The molecule has 0 amide bonds. The lowest BCUT2D eigenvalue weighted by molar-refractivity contribution is 0.0811. The summed E-state index contributed by atoms with van der Waals surface area (Å²) in [5.74, 6) is 0.449. The minimum atomic E-state index is 0.0163. The fourth-order valence-electron chi connectivity index (χ4n) is 2.30. The second-order valence-electron chi connectivity index (χ2n) is 5.29. The molecule has 0 N–H and O–H groups in total. The average molecular weight is 289 g/mol. The molecule has 2 aromatic rings. The van der Waals surface area contributed by atoms with Crippen LogP contribution in [0.2, 0.25) is 0 Å². The summed E-state index contributed by atoms with van der Waals surface area (Å²) in [6.07, 6.45) is 0.997. The Balaban J connectivity index is 2.10. The molecule has 0 saturated heterocycles. The maximum Gasteiger partial charge on any atom is 0.211 e. The minimum Gasteiger partial charge on any atom is -0.453 e. The topological polar surface area (TPSA) is 42.7 Å². The molecule has 1 aromatic heterocycles. The standard InChI is InChI=1S/C17H23NO3/c1-4-13(2)18(9-10-20-3)12-15(19)17-11-14-7-5-6-8-16(14)21-17/h5-8,11,13H,4,9-10,12H2,1-3H3. The second-order valence-corrected chi connectivity index (χ2v) is 5.29. The first-order chi connectivity index (χ1) is 10.2. The van der Waals surface area contributed by atoms with Crippen molar-refractivity contribution in [3.8, 4) is 0 Å². The number of para-hydroxylation sites is 1. The molecular weight excluding hydrogens is 266 g/mol. The Hall–Kier alpha value is -1.65. The van der Waals surface area contributed by atoms with Crippen molar-refractivity contribution in [1.82, 2.24) is 4.90 Å². The van der Waals surface area contributed by atoms with E-state index in [2.05, 4.69) is 18.7 Å². The number of fused-ring (bicyclic) bond motifs is 1. The van der Waals surface area contributed by atoms with Crippen LogP contribution in [0, 0.1) is 0 Å². The summed E-state index contributed by atoms with van der Waals surface area (Å²) in [5, 5.41) is 0.966. The maximum absolute atomic E-state index is 12.4. The van der Waals surface area contributed by atoms with Gasteiger partial charge in [0.05, 0.1) is 13.2 Å². The van der Waals surface area contributed by atoms with Gasteiger partial charge in [0.25, 0.3) is 0 Å². The molecule has 0 aliphatic rings. The van der Waals surface area contributed by atoms with Crippen molar-refractivity contribution in [3.63, 3.8) is 0 Å². The third-order valence-electron chi connectivity index (χ3n) is 3.84. The summed E-state index contributed by atoms with van der Waals surface area (Å²) in [7, 11) is 1.68. The van der Waals surface area contributed by atoms with Gasteiger partial charge in [-0.05, 0) is 25.5 Å². The Kier molecular flexibility index (Phi) is 5.53. The molecule has 0 fully saturated rings. The predicted octanol–water partition coefficient (Wildman–Crippen LogP) is 3.36. The molecular formula is C17H23NO3. The summed E-state index contributed by atoms with van der Waals surface area (Å²) < 4.78 is 10.8. The largest absolute Gasteiger partial charge is 0.453 e. The number of hydrogen-bond donors (Lipinski definition) is 0. The summed E-state index contributed by atoms with van der Waals surface area (Å²) in [5.41, 5.74) is 0.757. The summed E-state index contributed by atoms with van der Waals surface area (Å²) >= 11 is 0. The molecule has 0 bridgehead atoms. The molecule has 0 aliphatic carbocycles. The van der Waals surface area contributed by atoms with Crippen LogP contribution < -0.4 is 0 Å². The Labute approximate surface area is 125 Å². The summed E-state index contributed by atoms with van der Waals surface area (Å²) in [6.45, 7) is 5.98. The Morgan fingerprint density at radius 3 is 2.81 bits per heavy atom. The zero-order chi connectivity index (χ0) is 15.2. The first-order valence-corrected chi connectivity index (χ1v) is 7.40. The number of hydrogen-bond acceptors (Lipinski definition) is 4. The minimum absolute atomic E-state index is 0.0163. The van der Waals surface area contributed by atoms with E-state index in [0.29, 0.717) is 25.0 Å². The van der Waals surface area contributed by atoms with Crippen LogP contribution >= 0.6 is 0 Å². The smallest absolute Gasteiger partial charge is 0.211 e. The van der Waals surface area contributed by atoms with E-state index >= 15 is 0 Å². The lowest BCUT2D eigenvalue weighted by Crippen LogP contribution is -2.39. The van der Waals surface area contributed by atoms with Crippen LogP contribution in [0.3, 0.4) is 0 Å². The van der Waals surface area contributed by atoms with Crippen LogP contribution in [0.1, 0.15) is 30.8 Å². The number of benzene rings is 1. The fraction of sp³-hybridized carbons (Fsp3) is 0.471. The molecule has 0 saturated carbocycles. The number of nitrogens with zero attached hydrogens (tertiary/aromatic N) is 1. The van der Waals surface area contributed by atoms with Gasteiger partial charge in [0, 0.05) is 25.1 Å². The predicted molar refractivity (Wildman–Crippen MR) is 83.7 cm³/mol. The van der Waals surface area contributed by atoms with E-state index in [1.807, 2.05) is 30.3 Å². The van der Waals surface area contributed by atoms with Crippen LogP contribution in [0.5, 0.6) is 0 Å². The number of rotatable bonds is 8. The van der Waals surface area contributed by atoms with Gasteiger partial charge in [0.2, 0.25) is 5.78 Å². The number of ether oxygens (including phenoxy) is 1. The van der Waals surface area contributed by atoms with Crippen molar-refractivity contribution >= 4 is 16.8 Å². The molecule has 21 heavy (non-hydrogen) atoms. The van der Waals surface area contributed by atoms with Gasteiger partial charge in [-0.2, -0.15) is 0 Å². The normalized spacial score (nSPS) is 13.0. The first kappa shape index (κ1) is 15.7. The molecule has 4 heteroatoms. The highest BCUT2D eigenvalue weighted by molar-refractivity contribution is 5.98. The summed E-state index contributed by atoms with van der Waals surface area (Å²) in [4.78, 5) is 14.6. The van der Waals surface area contributed by atoms with Crippen molar-refractivity contribution in [2.45, 2.75) is 26.3 Å². The molecule has 1 heterocycles. The number of carbonyl (C=O) groups is 1. The molecule has 1 aromatic carbocycles. The van der Waals surface area contributed by atoms with E-state index in [4.69, 9.17) is 9.15 Å².